The Morgan fingerprint density at radius 3 is 2.52 bits per heavy atom. The number of fused-ring (bicyclic) bond motifs is 1. The number of carbonyl (C=O) groups is 2. The van der Waals surface area contributed by atoms with Gasteiger partial charge < -0.3 is 19.5 Å². The SMILES string of the molecule is COc1ccccc1CNC(=O)COC(=O)COc1ccc2ccccc2c1Br. The van der Waals surface area contributed by atoms with E-state index in [0.29, 0.717) is 11.5 Å². The van der Waals surface area contributed by atoms with Crippen LogP contribution in [0.25, 0.3) is 10.8 Å². The van der Waals surface area contributed by atoms with Crippen LogP contribution in [0.5, 0.6) is 11.5 Å². The van der Waals surface area contributed by atoms with Crippen LogP contribution in [0.1, 0.15) is 5.56 Å². The summed E-state index contributed by atoms with van der Waals surface area (Å²) in [6, 6.07) is 18.9. The molecule has 0 spiro atoms. The second kappa shape index (κ2) is 9.93. The lowest BCUT2D eigenvalue weighted by atomic mass is 10.1. The number of para-hydroxylation sites is 1. The van der Waals surface area contributed by atoms with Crippen molar-refractivity contribution in [3.63, 3.8) is 0 Å². The van der Waals surface area contributed by atoms with Gasteiger partial charge in [0.2, 0.25) is 0 Å². The van der Waals surface area contributed by atoms with Crippen LogP contribution >= 0.6 is 15.9 Å². The second-order valence-electron chi connectivity index (χ2n) is 6.14. The van der Waals surface area contributed by atoms with Crippen molar-refractivity contribution in [2.75, 3.05) is 20.3 Å². The Labute approximate surface area is 176 Å². The van der Waals surface area contributed by atoms with E-state index in [9.17, 15) is 9.59 Å². The molecular weight excluding hydrogens is 438 g/mol. The molecule has 0 saturated carbocycles. The Bertz CT molecular complexity index is 1020. The number of amides is 1. The van der Waals surface area contributed by atoms with E-state index in [2.05, 4.69) is 21.2 Å². The van der Waals surface area contributed by atoms with Crippen LogP contribution in [0.4, 0.5) is 0 Å². The molecule has 1 N–H and O–H groups in total. The summed E-state index contributed by atoms with van der Waals surface area (Å²) in [6.07, 6.45) is 0. The maximum atomic E-state index is 11.9. The van der Waals surface area contributed by atoms with Gasteiger partial charge in [0.15, 0.2) is 13.2 Å². The first-order valence-electron chi connectivity index (χ1n) is 8.92. The quantitative estimate of drug-likeness (QED) is 0.520. The van der Waals surface area contributed by atoms with Crippen LogP contribution in [0.3, 0.4) is 0 Å². The van der Waals surface area contributed by atoms with Gasteiger partial charge in [0.1, 0.15) is 11.5 Å². The lowest BCUT2D eigenvalue weighted by Crippen LogP contribution is -2.29. The molecule has 0 aliphatic carbocycles. The maximum absolute atomic E-state index is 11.9. The Morgan fingerprint density at radius 2 is 1.69 bits per heavy atom. The Morgan fingerprint density at radius 1 is 0.931 bits per heavy atom. The van der Waals surface area contributed by atoms with Gasteiger partial charge in [0.05, 0.1) is 11.6 Å². The van der Waals surface area contributed by atoms with Gasteiger partial charge in [-0.2, -0.15) is 0 Å². The minimum atomic E-state index is -0.627. The van der Waals surface area contributed by atoms with Crippen LogP contribution in [0.2, 0.25) is 0 Å². The number of nitrogens with one attached hydrogen (secondary N) is 1. The van der Waals surface area contributed by atoms with Gasteiger partial charge in [-0.1, -0.05) is 48.5 Å². The molecule has 0 unspecified atom stereocenters. The number of esters is 1. The van der Waals surface area contributed by atoms with Crippen molar-refractivity contribution in [1.82, 2.24) is 5.32 Å². The van der Waals surface area contributed by atoms with Crippen molar-refractivity contribution in [3.05, 3.63) is 70.7 Å². The molecule has 7 heteroatoms. The molecule has 150 valence electrons. The molecule has 0 aliphatic rings. The van der Waals surface area contributed by atoms with Crippen LogP contribution in [0.15, 0.2) is 65.1 Å². The molecule has 0 aromatic heterocycles. The Balaban J connectivity index is 1.45. The van der Waals surface area contributed by atoms with Crippen LogP contribution in [-0.2, 0) is 20.9 Å². The first-order chi connectivity index (χ1) is 14.1. The molecule has 1 amide bonds. The number of ether oxygens (including phenoxy) is 3. The standard InChI is InChI=1S/C22H20BrNO5/c1-27-18-9-5-3-7-16(18)12-24-20(25)13-29-21(26)14-28-19-11-10-15-6-2-4-8-17(15)22(19)23/h2-11H,12-14H2,1H3,(H,24,25). The topological polar surface area (TPSA) is 73.9 Å². The first-order valence-corrected chi connectivity index (χ1v) is 9.72. The smallest absolute Gasteiger partial charge is 0.344 e. The lowest BCUT2D eigenvalue weighted by Gasteiger charge is -2.11. The minimum absolute atomic E-state index is 0.279. The van der Waals surface area contributed by atoms with E-state index in [1.807, 2.05) is 54.6 Å². The lowest BCUT2D eigenvalue weighted by molar-refractivity contribution is -0.150. The van der Waals surface area contributed by atoms with Gasteiger partial charge in [-0.15, -0.1) is 0 Å². The summed E-state index contributed by atoms with van der Waals surface area (Å²) in [6.45, 7) is -0.395. The molecule has 0 atom stereocenters. The van der Waals surface area contributed by atoms with Gasteiger partial charge in [-0.05, 0) is 38.8 Å². The molecule has 3 aromatic carbocycles. The molecule has 0 aliphatic heterocycles. The monoisotopic (exact) mass is 457 g/mol. The van der Waals surface area contributed by atoms with Gasteiger partial charge in [-0.25, -0.2) is 4.79 Å². The van der Waals surface area contributed by atoms with Crippen LogP contribution in [-0.4, -0.2) is 32.2 Å². The summed E-state index contributed by atoms with van der Waals surface area (Å²) in [4.78, 5) is 23.8. The number of hydrogen-bond donors (Lipinski definition) is 1. The van der Waals surface area contributed by atoms with Crippen molar-refractivity contribution in [1.29, 1.82) is 0 Å². The van der Waals surface area contributed by atoms with Crippen molar-refractivity contribution in [2.45, 2.75) is 6.54 Å². The molecule has 29 heavy (non-hydrogen) atoms. The highest BCUT2D eigenvalue weighted by atomic mass is 79.9. The molecule has 3 rings (SSSR count). The molecule has 3 aromatic rings. The zero-order valence-corrected chi connectivity index (χ0v) is 17.4. The molecule has 0 bridgehead atoms. The Hall–Kier alpha value is -3.06. The highest BCUT2D eigenvalue weighted by molar-refractivity contribution is 9.10. The highest BCUT2D eigenvalue weighted by Crippen LogP contribution is 2.32. The van der Waals surface area contributed by atoms with Crippen molar-refractivity contribution < 1.29 is 23.8 Å². The molecule has 0 saturated heterocycles. The van der Waals surface area contributed by atoms with E-state index in [4.69, 9.17) is 14.2 Å². The van der Waals surface area contributed by atoms with E-state index >= 15 is 0 Å². The molecular formula is C22H20BrNO5. The third kappa shape index (κ3) is 5.48. The Kier molecular flexibility index (Phi) is 7.08. The summed E-state index contributed by atoms with van der Waals surface area (Å²) in [5.41, 5.74) is 0.833. The molecule has 0 fully saturated rings. The van der Waals surface area contributed by atoms with E-state index in [1.165, 1.54) is 0 Å². The first kappa shape index (κ1) is 20.7. The minimum Gasteiger partial charge on any atom is -0.496 e. The van der Waals surface area contributed by atoms with Gasteiger partial charge in [0.25, 0.3) is 5.91 Å². The fourth-order valence-corrected chi connectivity index (χ4v) is 3.35. The average molecular weight is 458 g/mol. The second-order valence-corrected chi connectivity index (χ2v) is 6.93. The average Bonchev–Trinajstić information content (AvgIpc) is 2.76. The number of halogens is 1. The fraction of sp³-hybridized carbons (Fsp3) is 0.182. The third-order valence-corrected chi connectivity index (χ3v) is 5.02. The van der Waals surface area contributed by atoms with Gasteiger partial charge in [0, 0.05) is 12.1 Å². The largest absolute Gasteiger partial charge is 0.496 e. The zero-order valence-electron chi connectivity index (χ0n) is 15.8. The number of rotatable bonds is 8. The van der Waals surface area contributed by atoms with Crippen LogP contribution in [0, 0.1) is 0 Å². The van der Waals surface area contributed by atoms with E-state index in [0.717, 1.165) is 20.8 Å². The van der Waals surface area contributed by atoms with E-state index in [-0.39, 0.29) is 19.8 Å². The van der Waals surface area contributed by atoms with Crippen molar-refractivity contribution in [3.8, 4) is 11.5 Å². The highest BCUT2D eigenvalue weighted by Gasteiger charge is 2.12. The van der Waals surface area contributed by atoms with E-state index in [1.54, 1.807) is 13.2 Å². The predicted molar refractivity (Wildman–Crippen MR) is 113 cm³/mol. The zero-order chi connectivity index (χ0) is 20.6. The number of hydrogen-bond acceptors (Lipinski definition) is 5. The number of benzene rings is 3. The van der Waals surface area contributed by atoms with Gasteiger partial charge >= 0.3 is 5.97 Å². The van der Waals surface area contributed by atoms with E-state index < -0.39 is 11.9 Å². The summed E-state index contributed by atoms with van der Waals surface area (Å²) in [5, 5.41) is 4.72. The summed E-state index contributed by atoms with van der Waals surface area (Å²) < 4.78 is 16.5. The summed E-state index contributed by atoms with van der Waals surface area (Å²) in [5.74, 6) is 0.175. The number of methoxy groups -OCH3 is 1. The molecule has 6 nitrogen and oxygen atoms in total. The van der Waals surface area contributed by atoms with Gasteiger partial charge in [-0.3, -0.25) is 4.79 Å². The normalized spacial score (nSPS) is 10.4. The fourth-order valence-electron chi connectivity index (χ4n) is 2.74. The summed E-state index contributed by atoms with van der Waals surface area (Å²) >= 11 is 3.50. The molecule has 0 heterocycles. The third-order valence-electron chi connectivity index (χ3n) is 4.21. The maximum Gasteiger partial charge on any atom is 0.344 e. The van der Waals surface area contributed by atoms with Crippen LogP contribution < -0.4 is 14.8 Å². The van der Waals surface area contributed by atoms with Crippen molar-refractivity contribution in [2.24, 2.45) is 0 Å². The number of carbonyl (C=O) groups excluding carboxylic acids is 2. The van der Waals surface area contributed by atoms with Crippen molar-refractivity contribution >= 4 is 38.6 Å². The summed E-state index contributed by atoms with van der Waals surface area (Å²) in [7, 11) is 1.57. The molecule has 0 radical (unpaired) electrons. The predicted octanol–water partition coefficient (Wildman–Crippen LogP) is 3.85.